The lowest BCUT2D eigenvalue weighted by atomic mass is 10.2. The van der Waals surface area contributed by atoms with Crippen LogP contribution in [0, 0.1) is 0 Å². The number of hydrogen-bond donors (Lipinski definition) is 2. The Balaban J connectivity index is 2.02. The first-order chi connectivity index (χ1) is 11.5. The largest absolute Gasteiger partial charge is 0.496 e. The lowest BCUT2D eigenvalue weighted by molar-refractivity contribution is -0.114. The van der Waals surface area contributed by atoms with Crippen molar-refractivity contribution in [3.63, 3.8) is 0 Å². The number of nitrogens with one attached hydrogen (secondary N) is 2. The first-order valence-electron chi connectivity index (χ1n) is 7.04. The number of carbonyl (C=O) groups is 2. The van der Waals surface area contributed by atoms with Crippen LogP contribution in [0.5, 0.6) is 5.75 Å². The molecule has 6 nitrogen and oxygen atoms in total. The lowest BCUT2D eigenvalue weighted by Crippen LogP contribution is -2.17. The number of benzene rings is 2. The third-order valence-electron chi connectivity index (χ3n) is 3.03. The maximum Gasteiger partial charge on any atom is 0.271 e. The summed E-state index contributed by atoms with van der Waals surface area (Å²) in [7, 11) is 1.54. The molecular weight excluding hydrogens is 330 g/mol. The molecule has 0 saturated carbocycles. The van der Waals surface area contributed by atoms with Crippen LogP contribution in [0.2, 0.25) is 5.02 Å². The molecule has 7 heteroatoms. The number of amides is 2. The molecule has 2 aromatic rings. The van der Waals surface area contributed by atoms with Crippen LogP contribution >= 0.6 is 11.6 Å². The Hall–Kier alpha value is -2.86. The Labute approximate surface area is 144 Å². The van der Waals surface area contributed by atoms with Crippen LogP contribution in [0.25, 0.3) is 0 Å². The summed E-state index contributed by atoms with van der Waals surface area (Å²) in [6.07, 6.45) is 1.45. The van der Waals surface area contributed by atoms with Gasteiger partial charge in [0.15, 0.2) is 0 Å². The van der Waals surface area contributed by atoms with E-state index >= 15 is 0 Å². The molecule has 0 spiro atoms. The summed E-state index contributed by atoms with van der Waals surface area (Å²) in [6.45, 7) is 1.42. The minimum atomic E-state index is -0.374. The van der Waals surface area contributed by atoms with Gasteiger partial charge in [-0.05, 0) is 42.5 Å². The molecule has 0 aromatic heterocycles. The van der Waals surface area contributed by atoms with Gasteiger partial charge < -0.3 is 10.1 Å². The van der Waals surface area contributed by atoms with E-state index in [9.17, 15) is 9.59 Å². The van der Waals surface area contributed by atoms with Crippen LogP contribution < -0.4 is 15.5 Å². The molecular formula is C17H16ClN3O3. The van der Waals surface area contributed by atoms with Gasteiger partial charge in [0.1, 0.15) is 5.75 Å². The van der Waals surface area contributed by atoms with Crippen molar-refractivity contribution >= 4 is 35.3 Å². The summed E-state index contributed by atoms with van der Waals surface area (Å²) in [4.78, 5) is 23.0. The van der Waals surface area contributed by atoms with E-state index in [2.05, 4.69) is 15.8 Å². The third kappa shape index (κ3) is 4.82. The Bertz CT molecular complexity index is 773. The SMILES string of the molecule is COc1ccc(Cl)cc1/C=N\NC(=O)c1ccc(NC(C)=O)cc1. The van der Waals surface area contributed by atoms with E-state index in [0.29, 0.717) is 27.6 Å². The highest BCUT2D eigenvalue weighted by Crippen LogP contribution is 2.20. The molecule has 124 valence electrons. The molecule has 0 atom stereocenters. The highest BCUT2D eigenvalue weighted by Gasteiger charge is 2.05. The maximum atomic E-state index is 12.0. The van der Waals surface area contributed by atoms with E-state index in [1.54, 1.807) is 42.5 Å². The van der Waals surface area contributed by atoms with Gasteiger partial charge in [-0.1, -0.05) is 11.6 Å². The number of anilines is 1. The van der Waals surface area contributed by atoms with Gasteiger partial charge in [0, 0.05) is 28.8 Å². The highest BCUT2D eigenvalue weighted by molar-refractivity contribution is 6.30. The number of halogens is 1. The molecule has 0 bridgehead atoms. The van der Waals surface area contributed by atoms with E-state index in [1.807, 2.05) is 0 Å². The number of nitrogens with zero attached hydrogens (tertiary/aromatic N) is 1. The quantitative estimate of drug-likeness (QED) is 0.645. The van der Waals surface area contributed by atoms with Gasteiger partial charge in [0.2, 0.25) is 5.91 Å². The Morgan fingerprint density at radius 1 is 1.17 bits per heavy atom. The Morgan fingerprint density at radius 3 is 2.50 bits per heavy atom. The number of hydrogen-bond acceptors (Lipinski definition) is 4. The molecule has 0 heterocycles. The number of carbonyl (C=O) groups excluding carboxylic acids is 2. The smallest absolute Gasteiger partial charge is 0.271 e. The topological polar surface area (TPSA) is 79.8 Å². The van der Waals surface area contributed by atoms with Gasteiger partial charge in [-0.2, -0.15) is 5.10 Å². The zero-order valence-electron chi connectivity index (χ0n) is 13.2. The Morgan fingerprint density at radius 2 is 1.88 bits per heavy atom. The molecule has 2 aromatic carbocycles. The molecule has 2 rings (SSSR count). The zero-order chi connectivity index (χ0) is 17.5. The highest BCUT2D eigenvalue weighted by atomic mass is 35.5. The van der Waals surface area contributed by atoms with E-state index in [-0.39, 0.29) is 11.8 Å². The van der Waals surface area contributed by atoms with Crippen molar-refractivity contribution in [1.82, 2.24) is 5.43 Å². The van der Waals surface area contributed by atoms with Crippen molar-refractivity contribution in [2.24, 2.45) is 5.10 Å². The molecule has 0 aliphatic rings. The fourth-order valence-electron chi connectivity index (χ4n) is 1.94. The second-order valence-electron chi connectivity index (χ2n) is 4.84. The monoisotopic (exact) mass is 345 g/mol. The van der Waals surface area contributed by atoms with Crippen LogP contribution in [0.4, 0.5) is 5.69 Å². The Kier molecular flexibility index (Phi) is 5.92. The zero-order valence-corrected chi connectivity index (χ0v) is 13.9. The van der Waals surface area contributed by atoms with Crippen LogP contribution in [0.1, 0.15) is 22.8 Å². The van der Waals surface area contributed by atoms with E-state index in [4.69, 9.17) is 16.3 Å². The van der Waals surface area contributed by atoms with E-state index in [0.717, 1.165) is 0 Å². The van der Waals surface area contributed by atoms with Crippen molar-refractivity contribution in [2.45, 2.75) is 6.92 Å². The molecule has 0 radical (unpaired) electrons. The lowest BCUT2D eigenvalue weighted by Gasteiger charge is -2.05. The number of rotatable bonds is 5. The molecule has 0 unspecified atom stereocenters. The van der Waals surface area contributed by atoms with Gasteiger partial charge in [-0.3, -0.25) is 9.59 Å². The normalized spacial score (nSPS) is 10.5. The number of ether oxygens (including phenoxy) is 1. The fourth-order valence-corrected chi connectivity index (χ4v) is 2.12. The predicted octanol–water partition coefficient (Wildman–Crippen LogP) is 3.07. The number of methoxy groups -OCH3 is 1. The molecule has 2 amide bonds. The molecule has 0 saturated heterocycles. The molecule has 2 N–H and O–H groups in total. The van der Waals surface area contributed by atoms with Gasteiger partial charge in [0.25, 0.3) is 5.91 Å². The predicted molar refractivity (Wildman–Crippen MR) is 93.8 cm³/mol. The summed E-state index contributed by atoms with van der Waals surface area (Å²) < 4.78 is 5.19. The van der Waals surface area contributed by atoms with E-state index < -0.39 is 0 Å². The van der Waals surface area contributed by atoms with Crippen molar-refractivity contribution in [3.05, 3.63) is 58.6 Å². The standard InChI is InChI=1S/C17H16ClN3O3/c1-11(22)20-15-6-3-12(4-7-15)17(23)21-19-10-13-9-14(18)5-8-16(13)24-2/h3-10H,1-2H3,(H,20,22)(H,21,23)/b19-10-. The van der Waals surface area contributed by atoms with Gasteiger partial charge in [0.05, 0.1) is 13.3 Å². The van der Waals surface area contributed by atoms with Gasteiger partial charge in [-0.15, -0.1) is 0 Å². The van der Waals surface area contributed by atoms with Crippen LogP contribution in [-0.4, -0.2) is 25.1 Å². The first-order valence-corrected chi connectivity index (χ1v) is 7.42. The molecule has 0 fully saturated rings. The molecule has 0 aliphatic carbocycles. The van der Waals surface area contributed by atoms with Crippen molar-refractivity contribution < 1.29 is 14.3 Å². The molecule has 0 aliphatic heterocycles. The minimum Gasteiger partial charge on any atom is -0.496 e. The number of hydrazone groups is 1. The van der Waals surface area contributed by atoms with Crippen molar-refractivity contribution in [3.8, 4) is 5.75 Å². The van der Waals surface area contributed by atoms with Gasteiger partial charge in [-0.25, -0.2) is 5.43 Å². The second-order valence-corrected chi connectivity index (χ2v) is 5.28. The first kappa shape index (κ1) is 17.5. The van der Waals surface area contributed by atoms with Gasteiger partial charge >= 0.3 is 0 Å². The minimum absolute atomic E-state index is 0.174. The van der Waals surface area contributed by atoms with Crippen molar-refractivity contribution in [1.29, 1.82) is 0 Å². The molecule has 24 heavy (non-hydrogen) atoms. The average Bonchev–Trinajstić information content (AvgIpc) is 2.55. The maximum absolute atomic E-state index is 12.0. The van der Waals surface area contributed by atoms with Crippen LogP contribution in [-0.2, 0) is 4.79 Å². The van der Waals surface area contributed by atoms with E-state index in [1.165, 1.54) is 20.2 Å². The second kappa shape index (κ2) is 8.12. The summed E-state index contributed by atoms with van der Waals surface area (Å²) in [5.74, 6) is 0.0472. The summed E-state index contributed by atoms with van der Waals surface area (Å²) in [5.41, 5.74) is 4.10. The van der Waals surface area contributed by atoms with Crippen molar-refractivity contribution in [2.75, 3.05) is 12.4 Å². The summed E-state index contributed by atoms with van der Waals surface area (Å²) in [6, 6.07) is 11.6. The summed E-state index contributed by atoms with van der Waals surface area (Å²) >= 11 is 5.93. The average molecular weight is 346 g/mol. The fraction of sp³-hybridized carbons (Fsp3) is 0.118. The summed E-state index contributed by atoms with van der Waals surface area (Å²) in [5, 5.41) is 7.07. The van der Waals surface area contributed by atoms with Crippen LogP contribution in [0.15, 0.2) is 47.6 Å². The third-order valence-corrected chi connectivity index (χ3v) is 3.26. The van der Waals surface area contributed by atoms with Crippen LogP contribution in [0.3, 0.4) is 0 Å².